The number of rotatable bonds is 8. The van der Waals surface area contributed by atoms with E-state index < -0.39 is 24.3 Å². The Labute approximate surface area is 161 Å². The third kappa shape index (κ3) is 3.59. The molecule has 7 nitrogen and oxygen atoms in total. The Balaban J connectivity index is 2.27. The average molecular weight is 379 g/mol. The molecule has 0 unspecified atom stereocenters. The number of carboxylic acids is 1. The maximum atomic E-state index is 12.6. The highest BCUT2D eigenvalue weighted by atomic mass is 16.5. The van der Waals surface area contributed by atoms with Crippen molar-refractivity contribution in [1.29, 1.82) is 0 Å². The maximum Gasteiger partial charge on any atom is 0.289 e. The summed E-state index contributed by atoms with van der Waals surface area (Å²) in [7, 11) is 0. The molecule has 0 aliphatic heterocycles. The van der Waals surface area contributed by atoms with Crippen LogP contribution in [0.4, 0.5) is 0 Å². The maximum absolute atomic E-state index is 12.6. The minimum absolute atomic E-state index is 0.148. The Kier molecular flexibility index (Phi) is 5.44. The van der Waals surface area contributed by atoms with Gasteiger partial charge in [0.2, 0.25) is 0 Å². The van der Waals surface area contributed by atoms with E-state index in [4.69, 9.17) is 10.5 Å². The molecular formula is C21H19N2O5-. The number of carboxylic acid groups (broad SMARTS) is 1. The van der Waals surface area contributed by atoms with Crippen molar-refractivity contribution in [3.63, 3.8) is 0 Å². The smallest absolute Gasteiger partial charge is 0.289 e. The van der Waals surface area contributed by atoms with E-state index in [2.05, 4.69) is 0 Å². The van der Waals surface area contributed by atoms with Crippen molar-refractivity contribution < 1.29 is 24.2 Å². The quantitative estimate of drug-likeness (QED) is 0.464. The second-order valence-corrected chi connectivity index (χ2v) is 6.25. The predicted octanol–water partition coefficient (Wildman–Crippen LogP) is 1.05. The van der Waals surface area contributed by atoms with Crippen LogP contribution in [-0.2, 0) is 22.6 Å². The molecule has 0 atom stereocenters. The van der Waals surface area contributed by atoms with Crippen LogP contribution in [0.1, 0.15) is 28.5 Å². The summed E-state index contributed by atoms with van der Waals surface area (Å²) in [6.45, 7) is 1.67. The molecule has 0 aliphatic rings. The SMILES string of the molecule is CCc1c(C(=O)C(N)=O)c2c(OCC(=O)[O-])cccc2n1Cc1ccccc1. The molecule has 1 aromatic heterocycles. The second-order valence-electron chi connectivity index (χ2n) is 6.25. The van der Waals surface area contributed by atoms with Gasteiger partial charge in [-0.1, -0.05) is 43.3 Å². The molecule has 0 bridgehead atoms. The molecular weight excluding hydrogens is 360 g/mol. The molecule has 1 amide bonds. The van der Waals surface area contributed by atoms with Gasteiger partial charge in [0.15, 0.2) is 0 Å². The summed E-state index contributed by atoms with van der Waals surface area (Å²) in [4.78, 5) is 35.1. The van der Waals surface area contributed by atoms with Crippen molar-refractivity contribution in [3.05, 3.63) is 65.4 Å². The van der Waals surface area contributed by atoms with E-state index in [9.17, 15) is 19.5 Å². The number of nitrogens with zero attached hydrogens (tertiary/aromatic N) is 1. The summed E-state index contributed by atoms with van der Waals surface area (Å²) < 4.78 is 7.26. The number of Topliss-reactive ketones (excluding diaryl/α,β-unsaturated/α-hetero) is 1. The number of nitrogens with two attached hydrogens (primary N) is 1. The number of amides is 1. The second kappa shape index (κ2) is 7.96. The molecule has 0 spiro atoms. The van der Waals surface area contributed by atoms with Crippen LogP contribution in [0.5, 0.6) is 5.75 Å². The van der Waals surface area contributed by atoms with Gasteiger partial charge in [-0.3, -0.25) is 9.59 Å². The normalized spacial score (nSPS) is 10.8. The number of hydrogen-bond acceptors (Lipinski definition) is 5. The summed E-state index contributed by atoms with van der Waals surface area (Å²) in [6, 6.07) is 14.7. The minimum Gasteiger partial charge on any atom is -0.546 e. The van der Waals surface area contributed by atoms with Gasteiger partial charge in [-0.05, 0) is 24.1 Å². The lowest BCUT2D eigenvalue weighted by molar-refractivity contribution is -0.307. The number of carbonyl (C=O) groups excluding carboxylic acids is 3. The monoisotopic (exact) mass is 379 g/mol. The van der Waals surface area contributed by atoms with Crippen molar-refractivity contribution in [3.8, 4) is 5.75 Å². The molecule has 0 saturated heterocycles. The molecule has 144 valence electrons. The third-order valence-corrected chi connectivity index (χ3v) is 4.47. The summed E-state index contributed by atoms with van der Waals surface area (Å²) >= 11 is 0. The van der Waals surface area contributed by atoms with Crippen LogP contribution in [0.25, 0.3) is 10.9 Å². The summed E-state index contributed by atoms with van der Waals surface area (Å²) in [5.74, 6) is -3.12. The first-order chi connectivity index (χ1) is 13.4. The molecule has 2 aromatic carbocycles. The first kappa shape index (κ1) is 19.2. The number of benzene rings is 2. The number of aliphatic carboxylic acids is 1. The van der Waals surface area contributed by atoms with Crippen molar-refractivity contribution in [1.82, 2.24) is 4.57 Å². The van der Waals surface area contributed by atoms with Gasteiger partial charge in [0, 0.05) is 12.2 Å². The number of primary amides is 1. The van der Waals surface area contributed by atoms with Gasteiger partial charge in [-0.2, -0.15) is 0 Å². The number of carbonyl (C=O) groups is 3. The molecule has 3 rings (SSSR count). The van der Waals surface area contributed by atoms with Crippen LogP contribution in [0.15, 0.2) is 48.5 Å². The minimum atomic E-state index is -1.39. The lowest BCUT2D eigenvalue weighted by Gasteiger charge is -2.11. The van der Waals surface area contributed by atoms with Gasteiger partial charge in [0.05, 0.1) is 22.4 Å². The molecule has 3 aromatic rings. The lowest BCUT2D eigenvalue weighted by Crippen LogP contribution is -2.29. The zero-order chi connectivity index (χ0) is 20.3. The molecule has 28 heavy (non-hydrogen) atoms. The van der Waals surface area contributed by atoms with Crippen molar-refractivity contribution in [2.24, 2.45) is 5.73 Å². The molecule has 0 fully saturated rings. The van der Waals surface area contributed by atoms with E-state index in [1.165, 1.54) is 0 Å². The fraction of sp³-hybridized carbons (Fsp3) is 0.190. The van der Waals surface area contributed by atoms with Gasteiger partial charge in [0.25, 0.3) is 11.7 Å². The number of hydrogen-bond donors (Lipinski definition) is 1. The summed E-state index contributed by atoms with van der Waals surface area (Å²) in [5, 5.41) is 11.2. The van der Waals surface area contributed by atoms with Gasteiger partial charge in [-0.25, -0.2) is 0 Å². The zero-order valence-electron chi connectivity index (χ0n) is 15.3. The van der Waals surface area contributed by atoms with E-state index in [1.807, 2.05) is 41.8 Å². The first-order valence-electron chi connectivity index (χ1n) is 8.78. The number of fused-ring (bicyclic) bond motifs is 1. The van der Waals surface area contributed by atoms with Crippen LogP contribution in [0, 0.1) is 0 Å². The topological polar surface area (TPSA) is 114 Å². The summed E-state index contributed by atoms with van der Waals surface area (Å²) in [6.07, 6.45) is 0.468. The highest BCUT2D eigenvalue weighted by Crippen LogP contribution is 2.35. The Morgan fingerprint density at radius 2 is 1.79 bits per heavy atom. The van der Waals surface area contributed by atoms with Crippen molar-refractivity contribution in [2.45, 2.75) is 19.9 Å². The largest absolute Gasteiger partial charge is 0.546 e. The van der Waals surface area contributed by atoms with Crippen LogP contribution < -0.4 is 15.6 Å². The third-order valence-electron chi connectivity index (χ3n) is 4.47. The van der Waals surface area contributed by atoms with Crippen LogP contribution in [0.3, 0.4) is 0 Å². The number of ketones is 1. The fourth-order valence-corrected chi connectivity index (χ4v) is 3.36. The number of aromatic nitrogens is 1. The molecule has 7 heteroatoms. The zero-order valence-corrected chi connectivity index (χ0v) is 15.3. The molecule has 1 heterocycles. The lowest BCUT2D eigenvalue weighted by atomic mass is 10.0. The van der Waals surface area contributed by atoms with E-state index in [0.29, 0.717) is 29.6 Å². The Bertz CT molecular complexity index is 1050. The van der Waals surface area contributed by atoms with Crippen LogP contribution in [-0.4, -0.2) is 28.8 Å². The molecule has 0 aliphatic carbocycles. The molecule has 0 radical (unpaired) electrons. The Morgan fingerprint density at radius 3 is 2.39 bits per heavy atom. The van der Waals surface area contributed by atoms with Crippen LogP contribution >= 0.6 is 0 Å². The van der Waals surface area contributed by atoms with Gasteiger partial charge in [-0.15, -0.1) is 0 Å². The van der Waals surface area contributed by atoms with Gasteiger partial charge in [0.1, 0.15) is 12.4 Å². The standard InChI is InChI=1S/C21H20N2O5/c1-2-14-19(20(26)21(22)27)18-15(9-6-10-16(18)28-12-17(24)25)23(14)11-13-7-4-3-5-8-13/h3-10H,2,11-12H2,1H3,(H2,22,27)(H,24,25)/p-1. The summed E-state index contributed by atoms with van der Waals surface area (Å²) in [5.41, 5.74) is 7.72. The van der Waals surface area contributed by atoms with Gasteiger partial charge >= 0.3 is 0 Å². The van der Waals surface area contributed by atoms with Crippen molar-refractivity contribution >= 4 is 28.6 Å². The van der Waals surface area contributed by atoms with Crippen LogP contribution in [0.2, 0.25) is 0 Å². The average Bonchev–Trinajstić information content (AvgIpc) is 3.00. The highest BCUT2D eigenvalue weighted by Gasteiger charge is 2.27. The predicted molar refractivity (Wildman–Crippen MR) is 101 cm³/mol. The fourth-order valence-electron chi connectivity index (χ4n) is 3.36. The Morgan fingerprint density at radius 1 is 1.07 bits per heavy atom. The Hall–Kier alpha value is -3.61. The van der Waals surface area contributed by atoms with E-state index >= 15 is 0 Å². The van der Waals surface area contributed by atoms with Gasteiger partial charge < -0.3 is 24.9 Å². The molecule has 2 N–H and O–H groups in total. The first-order valence-corrected chi connectivity index (χ1v) is 8.78. The van der Waals surface area contributed by atoms with E-state index in [1.54, 1.807) is 18.2 Å². The van der Waals surface area contributed by atoms with Crippen molar-refractivity contribution in [2.75, 3.05) is 6.61 Å². The highest BCUT2D eigenvalue weighted by molar-refractivity contribution is 6.45. The van der Waals surface area contributed by atoms with E-state index in [-0.39, 0.29) is 11.3 Å². The van der Waals surface area contributed by atoms with E-state index in [0.717, 1.165) is 5.56 Å². The number of ether oxygens (including phenoxy) is 1. The molecule has 0 saturated carbocycles.